The monoisotopic (exact) mass is 186 g/mol. The van der Waals surface area contributed by atoms with Crippen molar-refractivity contribution in [3.8, 4) is 0 Å². The van der Waals surface area contributed by atoms with Crippen LogP contribution in [0.5, 0.6) is 0 Å². The summed E-state index contributed by atoms with van der Waals surface area (Å²) in [7, 11) is 0. The second-order valence-corrected chi connectivity index (χ2v) is 6.33. The zero-order valence-electron chi connectivity index (χ0n) is 8.80. The molecule has 1 rings (SSSR count). The fourth-order valence-corrected chi connectivity index (χ4v) is 3.14. The molecular weight excluding hydrogens is 164 g/mol. The second kappa shape index (κ2) is 3.61. The van der Waals surface area contributed by atoms with Gasteiger partial charge in [-0.2, -0.15) is 12.6 Å². The van der Waals surface area contributed by atoms with E-state index in [4.69, 9.17) is 12.6 Å². The van der Waals surface area contributed by atoms with Crippen LogP contribution in [0.15, 0.2) is 0 Å². The molecule has 72 valence electrons. The van der Waals surface area contributed by atoms with Crippen LogP contribution in [0.1, 0.15) is 47.0 Å². The van der Waals surface area contributed by atoms with Crippen molar-refractivity contribution in [1.82, 2.24) is 0 Å². The smallest absolute Gasteiger partial charge is 0.0107 e. The lowest BCUT2D eigenvalue weighted by Gasteiger charge is -2.40. The summed E-state index contributed by atoms with van der Waals surface area (Å²) in [6.45, 7) is 9.34. The highest BCUT2D eigenvalue weighted by atomic mass is 32.1. The van der Waals surface area contributed by atoms with Crippen molar-refractivity contribution in [2.75, 3.05) is 0 Å². The minimum Gasteiger partial charge on any atom is -0.173 e. The largest absolute Gasteiger partial charge is 0.173 e. The van der Waals surface area contributed by atoms with Crippen molar-refractivity contribution >= 4 is 12.6 Å². The third kappa shape index (κ3) is 2.69. The lowest BCUT2D eigenvalue weighted by molar-refractivity contribution is 0.196. The van der Waals surface area contributed by atoms with Crippen LogP contribution >= 0.6 is 12.6 Å². The number of thiol groups is 1. The molecule has 0 aromatic heterocycles. The van der Waals surface area contributed by atoms with E-state index in [0.29, 0.717) is 4.75 Å². The average molecular weight is 186 g/mol. The van der Waals surface area contributed by atoms with E-state index in [2.05, 4.69) is 27.7 Å². The molecule has 0 radical (unpaired) electrons. The minimum absolute atomic E-state index is 0.298. The lowest BCUT2D eigenvalue weighted by Crippen LogP contribution is -2.33. The zero-order valence-corrected chi connectivity index (χ0v) is 9.70. The van der Waals surface area contributed by atoms with Crippen molar-refractivity contribution in [3.63, 3.8) is 0 Å². The van der Waals surface area contributed by atoms with Gasteiger partial charge in [0.2, 0.25) is 0 Å². The van der Waals surface area contributed by atoms with E-state index in [-0.39, 0.29) is 0 Å². The van der Waals surface area contributed by atoms with Crippen molar-refractivity contribution in [1.29, 1.82) is 0 Å². The van der Waals surface area contributed by atoms with Crippen molar-refractivity contribution in [2.45, 2.75) is 51.7 Å². The molecule has 0 amide bonds. The van der Waals surface area contributed by atoms with E-state index in [1.54, 1.807) is 0 Å². The summed E-state index contributed by atoms with van der Waals surface area (Å²) in [5.41, 5.74) is 0. The van der Waals surface area contributed by atoms with Crippen LogP contribution in [0.3, 0.4) is 0 Å². The van der Waals surface area contributed by atoms with Gasteiger partial charge in [-0.25, -0.2) is 0 Å². The molecule has 0 aliphatic heterocycles. The van der Waals surface area contributed by atoms with Gasteiger partial charge < -0.3 is 0 Å². The molecular formula is C11H22S. The lowest BCUT2D eigenvalue weighted by atomic mass is 9.72. The summed E-state index contributed by atoms with van der Waals surface area (Å²) < 4.78 is 0.298. The highest BCUT2D eigenvalue weighted by molar-refractivity contribution is 7.81. The molecule has 0 nitrogen and oxygen atoms in total. The predicted octanol–water partition coefficient (Wildman–Crippen LogP) is 3.77. The van der Waals surface area contributed by atoms with E-state index in [9.17, 15) is 0 Å². The number of hydrogen-bond acceptors (Lipinski definition) is 1. The predicted molar refractivity (Wildman–Crippen MR) is 58.7 cm³/mol. The molecule has 1 fully saturated rings. The first-order chi connectivity index (χ1) is 5.41. The molecule has 0 spiro atoms. The quantitative estimate of drug-likeness (QED) is 0.592. The fraction of sp³-hybridized carbons (Fsp3) is 1.00. The molecule has 1 aliphatic carbocycles. The standard InChI is InChI=1S/C11H22S/c1-8(2)10-5-9(3)6-11(4,12)7-10/h8-10,12H,5-7H2,1-4H3. The number of rotatable bonds is 1. The van der Waals surface area contributed by atoms with Gasteiger partial charge in [-0.3, -0.25) is 0 Å². The van der Waals surface area contributed by atoms with Crippen LogP contribution in [-0.2, 0) is 0 Å². The Bertz CT molecular complexity index is 149. The van der Waals surface area contributed by atoms with Crippen molar-refractivity contribution in [3.05, 3.63) is 0 Å². The first kappa shape index (κ1) is 10.4. The Hall–Kier alpha value is 0.350. The highest BCUT2D eigenvalue weighted by Crippen LogP contribution is 2.42. The molecule has 1 heteroatoms. The van der Waals surface area contributed by atoms with Crippen molar-refractivity contribution in [2.24, 2.45) is 17.8 Å². The summed E-state index contributed by atoms with van der Waals surface area (Å²) >= 11 is 4.73. The van der Waals surface area contributed by atoms with Gasteiger partial charge in [-0.1, -0.05) is 27.7 Å². The number of hydrogen-bond donors (Lipinski definition) is 1. The Kier molecular flexibility index (Phi) is 3.14. The van der Waals surface area contributed by atoms with E-state index < -0.39 is 0 Å². The summed E-state index contributed by atoms with van der Waals surface area (Å²) in [6, 6.07) is 0. The average Bonchev–Trinajstić information content (AvgIpc) is 1.82. The molecule has 0 bridgehead atoms. The minimum atomic E-state index is 0.298. The van der Waals surface area contributed by atoms with Gasteiger partial charge in [-0.05, 0) is 37.0 Å². The van der Waals surface area contributed by atoms with Gasteiger partial charge in [0, 0.05) is 4.75 Å². The maximum atomic E-state index is 4.73. The Morgan fingerprint density at radius 1 is 1.33 bits per heavy atom. The van der Waals surface area contributed by atoms with Crippen LogP contribution in [-0.4, -0.2) is 4.75 Å². The van der Waals surface area contributed by atoms with Gasteiger partial charge in [-0.15, -0.1) is 0 Å². The summed E-state index contributed by atoms with van der Waals surface area (Å²) in [5.74, 6) is 2.60. The third-order valence-corrected chi connectivity index (χ3v) is 3.50. The third-order valence-electron chi connectivity index (χ3n) is 3.14. The van der Waals surface area contributed by atoms with E-state index >= 15 is 0 Å². The molecule has 1 aliphatic rings. The second-order valence-electron chi connectivity index (χ2n) is 5.25. The first-order valence-corrected chi connectivity index (χ1v) is 5.58. The van der Waals surface area contributed by atoms with Gasteiger partial charge in [0.25, 0.3) is 0 Å². The Balaban J connectivity index is 2.58. The van der Waals surface area contributed by atoms with Crippen LogP contribution in [0.25, 0.3) is 0 Å². The maximum absolute atomic E-state index is 4.73. The molecule has 0 N–H and O–H groups in total. The van der Waals surface area contributed by atoms with E-state index in [0.717, 1.165) is 17.8 Å². The van der Waals surface area contributed by atoms with Crippen LogP contribution in [0.4, 0.5) is 0 Å². The molecule has 0 saturated heterocycles. The van der Waals surface area contributed by atoms with Gasteiger partial charge in [0.05, 0.1) is 0 Å². The first-order valence-electron chi connectivity index (χ1n) is 5.13. The van der Waals surface area contributed by atoms with E-state index in [1.165, 1.54) is 19.3 Å². The van der Waals surface area contributed by atoms with Gasteiger partial charge in [0.15, 0.2) is 0 Å². The highest BCUT2D eigenvalue weighted by Gasteiger charge is 2.33. The van der Waals surface area contributed by atoms with Gasteiger partial charge >= 0.3 is 0 Å². The summed E-state index contributed by atoms with van der Waals surface area (Å²) in [5, 5.41) is 0. The Morgan fingerprint density at radius 3 is 2.33 bits per heavy atom. The topological polar surface area (TPSA) is 0 Å². The molecule has 3 unspecified atom stereocenters. The van der Waals surface area contributed by atoms with Crippen LogP contribution in [0.2, 0.25) is 0 Å². The summed E-state index contributed by atoms with van der Waals surface area (Å²) in [4.78, 5) is 0. The van der Waals surface area contributed by atoms with Gasteiger partial charge in [0.1, 0.15) is 0 Å². The Labute approximate surface area is 82.5 Å². The molecule has 0 heterocycles. The molecule has 3 atom stereocenters. The zero-order chi connectivity index (χ0) is 9.35. The van der Waals surface area contributed by atoms with Crippen molar-refractivity contribution < 1.29 is 0 Å². The molecule has 0 aromatic rings. The fourth-order valence-electron chi connectivity index (χ4n) is 2.59. The SMILES string of the molecule is CC1CC(C(C)C)CC(C)(S)C1. The van der Waals surface area contributed by atoms with Crippen LogP contribution in [0, 0.1) is 17.8 Å². The van der Waals surface area contributed by atoms with Crippen LogP contribution < -0.4 is 0 Å². The maximum Gasteiger partial charge on any atom is 0.0107 e. The molecule has 1 saturated carbocycles. The van der Waals surface area contributed by atoms with E-state index in [1.807, 2.05) is 0 Å². The Morgan fingerprint density at radius 2 is 1.92 bits per heavy atom. The molecule has 0 aromatic carbocycles. The normalized spacial score (nSPS) is 43.5. The molecule has 12 heavy (non-hydrogen) atoms. The summed E-state index contributed by atoms with van der Waals surface area (Å²) in [6.07, 6.45) is 4.01.